The molecule has 1 amide bonds. The van der Waals surface area contributed by atoms with Crippen LogP contribution in [0.15, 0.2) is 0 Å². The molecule has 0 aromatic carbocycles. The van der Waals surface area contributed by atoms with Crippen LogP contribution < -0.4 is 0 Å². The summed E-state index contributed by atoms with van der Waals surface area (Å²) >= 11 is 0. The Kier molecular flexibility index (Phi) is 1.78. The van der Waals surface area contributed by atoms with E-state index in [4.69, 9.17) is 4.74 Å². The number of hydrogen-bond acceptors (Lipinski definition) is 3. The molecule has 0 saturated carbocycles. The fourth-order valence-electron chi connectivity index (χ4n) is 2.36. The Hall–Kier alpha value is -1.06. The Balaban J connectivity index is 2.29. The van der Waals surface area contributed by atoms with Crippen LogP contribution in [0.25, 0.3) is 0 Å². The quantitative estimate of drug-likeness (QED) is 0.508. The van der Waals surface area contributed by atoms with Gasteiger partial charge in [-0.2, -0.15) is 0 Å². The molecule has 2 rings (SSSR count). The number of likely N-dealkylation sites (tertiary alicyclic amines) is 1. The molecule has 2 heterocycles. The van der Waals surface area contributed by atoms with Crippen molar-refractivity contribution in [3.63, 3.8) is 0 Å². The summed E-state index contributed by atoms with van der Waals surface area (Å²) in [5.41, 5.74) is -0.591. The third kappa shape index (κ3) is 1.04. The van der Waals surface area contributed by atoms with Gasteiger partial charge in [0.15, 0.2) is 0 Å². The highest BCUT2D eigenvalue weighted by Crippen LogP contribution is 2.37. The van der Waals surface area contributed by atoms with Gasteiger partial charge in [0.1, 0.15) is 5.54 Å². The van der Waals surface area contributed by atoms with E-state index < -0.39 is 5.54 Å². The minimum atomic E-state index is -0.591. The number of carbonyl (C=O) groups is 2. The van der Waals surface area contributed by atoms with Gasteiger partial charge in [-0.15, -0.1) is 0 Å². The lowest BCUT2D eigenvalue weighted by atomic mass is 9.94. The summed E-state index contributed by atoms with van der Waals surface area (Å²) in [6.07, 6.45) is 2.35. The van der Waals surface area contributed by atoms with Gasteiger partial charge in [-0.05, 0) is 12.8 Å². The first-order chi connectivity index (χ1) is 6.17. The van der Waals surface area contributed by atoms with Crippen LogP contribution in [0, 0.1) is 0 Å². The van der Waals surface area contributed by atoms with Crippen LogP contribution in [-0.4, -0.2) is 35.5 Å². The van der Waals surface area contributed by atoms with E-state index in [9.17, 15) is 9.59 Å². The first-order valence-corrected chi connectivity index (χ1v) is 4.62. The van der Waals surface area contributed by atoms with Crippen molar-refractivity contribution in [2.45, 2.75) is 31.7 Å². The normalized spacial score (nSPS) is 32.7. The number of nitrogens with zero attached hydrogens (tertiary/aromatic N) is 1. The Bertz CT molecular complexity index is 260. The second-order valence-electron chi connectivity index (χ2n) is 3.69. The maximum absolute atomic E-state index is 11.5. The molecule has 1 atom stereocenters. The molecule has 13 heavy (non-hydrogen) atoms. The maximum atomic E-state index is 11.5. The molecule has 4 heteroatoms. The number of esters is 1. The molecular formula is C9H13NO3. The Labute approximate surface area is 76.8 Å². The summed E-state index contributed by atoms with van der Waals surface area (Å²) in [7, 11) is 0. The largest absolute Gasteiger partial charge is 0.464 e. The highest BCUT2D eigenvalue weighted by Gasteiger charge is 2.52. The zero-order valence-corrected chi connectivity index (χ0v) is 7.71. The van der Waals surface area contributed by atoms with E-state index >= 15 is 0 Å². The number of rotatable bonds is 0. The third-order valence-electron chi connectivity index (χ3n) is 3.00. The zero-order chi connectivity index (χ0) is 9.47. The van der Waals surface area contributed by atoms with Gasteiger partial charge < -0.3 is 9.64 Å². The van der Waals surface area contributed by atoms with Gasteiger partial charge in [0.25, 0.3) is 0 Å². The van der Waals surface area contributed by atoms with Crippen LogP contribution in [0.1, 0.15) is 26.2 Å². The highest BCUT2D eigenvalue weighted by molar-refractivity contribution is 5.89. The molecule has 0 aromatic heterocycles. The molecule has 4 nitrogen and oxygen atoms in total. The monoisotopic (exact) mass is 183 g/mol. The van der Waals surface area contributed by atoms with Crippen LogP contribution in [-0.2, 0) is 14.3 Å². The molecule has 1 unspecified atom stereocenters. The van der Waals surface area contributed by atoms with Crippen molar-refractivity contribution in [2.75, 3.05) is 13.2 Å². The minimum absolute atomic E-state index is 0.0173. The van der Waals surface area contributed by atoms with Gasteiger partial charge in [-0.25, -0.2) is 4.79 Å². The summed E-state index contributed by atoms with van der Waals surface area (Å²) in [4.78, 5) is 24.4. The number of hydrogen-bond donors (Lipinski definition) is 0. The fourth-order valence-corrected chi connectivity index (χ4v) is 2.36. The summed E-state index contributed by atoms with van der Waals surface area (Å²) < 4.78 is 4.94. The predicted molar refractivity (Wildman–Crippen MR) is 44.9 cm³/mol. The van der Waals surface area contributed by atoms with Crippen molar-refractivity contribution < 1.29 is 14.3 Å². The minimum Gasteiger partial charge on any atom is -0.464 e. The van der Waals surface area contributed by atoms with Crippen LogP contribution in [0.4, 0.5) is 0 Å². The van der Waals surface area contributed by atoms with Gasteiger partial charge in [0, 0.05) is 19.9 Å². The number of cyclic esters (lactones) is 1. The fraction of sp³-hybridized carbons (Fsp3) is 0.778. The Morgan fingerprint density at radius 3 is 2.85 bits per heavy atom. The van der Waals surface area contributed by atoms with E-state index in [1.807, 2.05) is 0 Å². The molecule has 2 aliphatic heterocycles. The molecule has 72 valence electrons. The van der Waals surface area contributed by atoms with E-state index in [0.717, 1.165) is 12.8 Å². The van der Waals surface area contributed by atoms with Crippen molar-refractivity contribution in [3.05, 3.63) is 0 Å². The smallest absolute Gasteiger partial charge is 0.332 e. The summed E-state index contributed by atoms with van der Waals surface area (Å²) in [6.45, 7) is 2.67. The van der Waals surface area contributed by atoms with Crippen LogP contribution >= 0.6 is 0 Å². The lowest BCUT2D eigenvalue weighted by Gasteiger charge is -2.29. The number of amides is 1. The van der Waals surface area contributed by atoms with E-state index in [2.05, 4.69) is 0 Å². The molecule has 0 radical (unpaired) electrons. The molecular weight excluding hydrogens is 170 g/mol. The van der Waals surface area contributed by atoms with Crippen LogP contribution in [0.2, 0.25) is 0 Å². The molecule has 0 bridgehead atoms. The summed E-state index contributed by atoms with van der Waals surface area (Å²) in [5.74, 6) is -0.225. The summed E-state index contributed by atoms with van der Waals surface area (Å²) in [6, 6.07) is 0. The summed E-state index contributed by atoms with van der Waals surface area (Å²) in [5, 5.41) is 0. The van der Waals surface area contributed by atoms with E-state index in [1.165, 1.54) is 6.92 Å². The van der Waals surface area contributed by atoms with Crippen molar-refractivity contribution in [3.8, 4) is 0 Å². The Morgan fingerprint density at radius 2 is 2.31 bits per heavy atom. The number of carbonyl (C=O) groups excluding carboxylic acids is 2. The molecule has 0 aromatic rings. The standard InChI is InChI=1S/C9H13NO3/c1-7(11)10-5-2-3-9(10)4-6-13-8(9)12/h2-6H2,1H3. The second-order valence-corrected chi connectivity index (χ2v) is 3.69. The molecule has 1 spiro atoms. The average molecular weight is 183 g/mol. The molecule has 2 fully saturated rings. The van der Waals surface area contributed by atoms with Crippen LogP contribution in [0.3, 0.4) is 0 Å². The molecule has 0 aliphatic carbocycles. The van der Waals surface area contributed by atoms with E-state index in [-0.39, 0.29) is 11.9 Å². The predicted octanol–water partition coefficient (Wildman–Crippen LogP) is 0.314. The first kappa shape index (κ1) is 8.53. The van der Waals surface area contributed by atoms with E-state index in [1.54, 1.807) is 4.90 Å². The van der Waals surface area contributed by atoms with Crippen molar-refractivity contribution in [1.82, 2.24) is 4.90 Å². The van der Waals surface area contributed by atoms with Gasteiger partial charge in [-0.1, -0.05) is 0 Å². The molecule has 2 saturated heterocycles. The van der Waals surface area contributed by atoms with E-state index in [0.29, 0.717) is 19.6 Å². The molecule has 0 N–H and O–H groups in total. The van der Waals surface area contributed by atoms with Crippen molar-refractivity contribution in [2.24, 2.45) is 0 Å². The molecule has 2 aliphatic rings. The van der Waals surface area contributed by atoms with Gasteiger partial charge in [-0.3, -0.25) is 4.79 Å². The average Bonchev–Trinajstić information content (AvgIpc) is 2.62. The van der Waals surface area contributed by atoms with Gasteiger partial charge in [0.05, 0.1) is 6.61 Å². The zero-order valence-electron chi connectivity index (χ0n) is 7.71. The Morgan fingerprint density at radius 1 is 1.54 bits per heavy atom. The second kappa shape index (κ2) is 2.72. The van der Waals surface area contributed by atoms with Crippen LogP contribution in [0.5, 0.6) is 0 Å². The van der Waals surface area contributed by atoms with Gasteiger partial charge >= 0.3 is 5.97 Å². The lowest BCUT2D eigenvalue weighted by molar-refractivity contribution is -0.152. The number of ether oxygens (including phenoxy) is 1. The maximum Gasteiger partial charge on any atom is 0.332 e. The van der Waals surface area contributed by atoms with Crippen molar-refractivity contribution in [1.29, 1.82) is 0 Å². The highest BCUT2D eigenvalue weighted by atomic mass is 16.5. The van der Waals surface area contributed by atoms with Gasteiger partial charge in [0.2, 0.25) is 5.91 Å². The third-order valence-corrected chi connectivity index (χ3v) is 3.00. The lowest BCUT2D eigenvalue weighted by Crippen LogP contribution is -2.49. The first-order valence-electron chi connectivity index (χ1n) is 4.62. The van der Waals surface area contributed by atoms with Crippen molar-refractivity contribution >= 4 is 11.9 Å². The SMILES string of the molecule is CC(=O)N1CCCC12CCOC2=O. The topological polar surface area (TPSA) is 46.6 Å².